The number of halogens is 1. The number of carbonyl (C=O) groups excluding carboxylic acids is 1. The highest BCUT2D eigenvalue weighted by Crippen LogP contribution is 2.19. The lowest BCUT2D eigenvalue weighted by Crippen LogP contribution is -2.11. The van der Waals surface area contributed by atoms with Crippen molar-refractivity contribution in [2.75, 3.05) is 5.32 Å². The third-order valence-corrected chi connectivity index (χ3v) is 3.42. The molecule has 0 saturated carbocycles. The first-order chi connectivity index (χ1) is 8.97. The van der Waals surface area contributed by atoms with Gasteiger partial charge in [0.05, 0.1) is 10.4 Å². The Morgan fingerprint density at radius 2 is 2.00 bits per heavy atom. The second-order valence-electron chi connectivity index (χ2n) is 3.86. The number of carboxylic acids is 1. The lowest BCUT2D eigenvalue weighted by molar-refractivity contribution is 0.0692. The van der Waals surface area contributed by atoms with Crippen molar-refractivity contribution in [3.63, 3.8) is 0 Å². The molecule has 6 heteroatoms. The molecule has 1 aromatic heterocycles. The minimum atomic E-state index is -1.34. The summed E-state index contributed by atoms with van der Waals surface area (Å²) in [7, 11) is 0. The Balaban J connectivity index is 2.18. The molecule has 0 radical (unpaired) electrons. The molecule has 19 heavy (non-hydrogen) atoms. The van der Waals surface area contributed by atoms with Crippen molar-refractivity contribution in [3.05, 3.63) is 51.5 Å². The molecule has 0 atom stereocenters. The number of hydrogen-bond donors (Lipinski definition) is 2. The normalized spacial score (nSPS) is 10.2. The van der Waals surface area contributed by atoms with E-state index in [-0.39, 0.29) is 11.6 Å². The van der Waals surface area contributed by atoms with E-state index in [9.17, 15) is 14.0 Å². The number of benzene rings is 1. The number of carbonyl (C=O) groups is 2. The Morgan fingerprint density at radius 3 is 2.53 bits per heavy atom. The number of rotatable bonds is 3. The fourth-order valence-corrected chi connectivity index (χ4v) is 2.28. The average molecular weight is 279 g/mol. The van der Waals surface area contributed by atoms with Crippen molar-refractivity contribution in [2.45, 2.75) is 6.92 Å². The van der Waals surface area contributed by atoms with Gasteiger partial charge in [0.25, 0.3) is 5.91 Å². The van der Waals surface area contributed by atoms with Crippen LogP contribution < -0.4 is 5.32 Å². The zero-order chi connectivity index (χ0) is 14.0. The fourth-order valence-electron chi connectivity index (χ4n) is 1.52. The van der Waals surface area contributed by atoms with Gasteiger partial charge in [-0.15, -0.1) is 11.3 Å². The zero-order valence-electron chi connectivity index (χ0n) is 9.94. The van der Waals surface area contributed by atoms with Crippen molar-refractivity contribution in [1.82, 2.24) is 0 Å². The SMILES string of the molecule is Cc1ccc(C(=O)Nc2ccc(C(=O)O)c(F)c2)s1. The second kappa shape index (κ2) is 5.19. The van der Waals surface area contributed by atoms with Gasteiger partial charge in [-0.1, -0.05) is 0 Å². The molecule has 0 unspecified atom stereocenters. The van der Waals surface area contributed by atoms with Gasteiger partial charge in [0, 0.05) is 10.6 Å². The topological polar surface area (TPSA) is 66.4 Å². The molecular formula is C13H10FNO3S. The van der Waals surface area contributed by atoms with E-state index in [0.717, 1.165) is 17.0 Å². The van der Waals surface area contributed by atoms with Crippen LogP contribution in [-0.4, -0.2) is 17.0 Å². The van der Waals surface area contributed by atoms with Crippen LogP contribution in [0.5, 0.6) is 0 Å². The molecule has 0 saturated heterocycles. The monoisotopic (exact) mass is 279 g/mol. The molecular weight excluding hydrogens is 269 g/mol. The summed E-state index contributed by atoms with van der Waals surface area (Å²) in [4.78, 5) is 24.0. The second-order valence-corrected chi connectivity index (χ2v) is 5.15. The maximum atomic E-state index is 13.4. The molecule has 1 heterocycles. The lowest BCUT2D eigenvalue weighted by Gasteiger charge is -2.05. The highest BCUT2D eigenvalue weighted by molar-refractivity contribution is 7.14. The van der Waals surface area contributed by atoms with Crippen LogP contribution in [0.1, 0.15) is 24.9 Å². The summed E-state index contributed by atoms with van der Waals surface area (Å²) in [5.74, 6) is -2.57. The average Bonchev–Trinajstić information content (AvgIpc) is 2.75. The van der Waals surface area contributed by atoms with Crippen molar-refractivity contribution in [3.8, 4) is 0 Å². The van der Waals surface area contributed by atoms with Crippen LogP contribution in [-0.2, 0) is 0 Å². The number of thiophene rings is 1. The summed E-state index contributed by atoms with van der Waals surface area (Å²) < 4.78 is 13.4. The highest BCUT2D eigenvalue weighted by Gasteiger charge is 2.13. The molecule has 0 fully saturated rings. The number of nitrogens with one attached hydrogen (secondary N) is 1. The lowest BCUT2D eigenvalue weighted by atomic mass is 10.2. The van der Waals surface area contributed by atoms with Crippen LogP contribution in [0.3, 0.4) is 0 Å². The molecule has 2 N–H and O–H groups in total. The number of hydrogen-bond acceptors (Lipinski definition) is 3. The van der Waals surface area contributed by atoms with E-state index in [4.69, 9.17) is 5.11 Å². The summed E-state index contributed by atoms with van der Waals surface area (Å²) in [5.41, 5.74) is -0.205. The first-order valence-electron chi connectivity index (χ1n) is 5.38. The third kappa shape index (κ3) is 2.97. The molecule has 1 aromatic carbocycles. The van der Waals surface area contributed by atoms with Gasteiger partial charge >= 0.3 is 5.97 Å². The van der Waals surface area contributed by atoms with E-state index in [1.165, 1.54) is 17.4 Å². The van der Waals surface area contributed by atoms with Crippen molar-refractivity contribution >= 4 is 28.9 Å². The molecule has 0 bridgehead atoms. The summed E-state index contributed by atoms with van der Waals surface area (Å²) in [6.07, 6.45) is 0. The molecule has 2 aromatic rings. The van der Waals surface area contributed by atoms with E-state index in [0.29, 0.717) is 4.88 Å². The van der Waals surface area contributed by atoms with Gasteiger partial charge < -0.3 is 10.4 Å². The van der Waals surface area contributed by atoms with Gasteiger partial charge in [0.1, 0.15) is 5.82 Å². The van der Waals surface area contributed by atoms with Crippen LogP contribution in [0.25, 0.3) is 0 Å². The van der Waals surface area contributed by atoms with E-state index in [1.54, 1.807) is 6.07 Å². The van der Waals surface area contributed by atoms with Crippen molar-refractivity contribution in [2.24, 2.45) is 0 Å². The van der Waals surface area contributed by atoms with Gasteiger partial charge in [-0.25, -0.2) is 9.18 Å². The zero-order valence-corrected chi connectivity index (χ0v) is 10.8. The Bertz CT molecular complexity index is 651. The van der Waals surface area contributed by atoms with Crippen molar-refractivity contribution in [1.29, 1.82) is 0 Å². The maximum absolute atomic E-state index is 13.4. The van der Waals surface area contributed by atoms with Crippen LogP contribution in [0.2, 0.25) is 0 Å². The Morgan fingerprint density at radius 1 is 1.26 bits per heavy atom. The Hall–Kier alpha value is -2.21. The Labute approximate surface area is 112 Å². The molecule has 0 aliphatic rings. The molecule has 98 valence electrons. The minimum absolute atomic E-state index is 0.221. The number of carboxylic acid groups (broad SMARTS) is 1. The predicted octanol–water partition coefficient (Wildman–Crippen LogP) is 3.15. The summed E-state index contributed by atoms with van der Waals surface area (Å²) in [6, 6.07) is 6.95. The van der Waals surface area contributed by atoms with Gasteiger partial charge in [0.15, 0.2) is 0 Å². The standard InChI is InChI=1S/C13H10FNO3S/c1-7-2-5-11(19-7)12(16)15-8-3-4-9(13(17)18)10(14)6-8/h2-6H,1H3,(H,15,16)(H,17,18). The van der Waals surface area contributed by atoms with Crippen LogP contribution in [0.4, 0.5) is 10.1 Å². The number of aryl methyl sites for hydroxylation is 1. The summed E-state index contributed by atoms with van der Waals surface area (Å²) >= 11 is 1.33. The molecule has 0 aliphatic heterocycles. The summed E-state index contributed by atoms with van der Waals surface area (Å²) in [5, 5.41) is 11.2. The van der Waals surface area contributed by atoms with E-state index >= 15 is 0 Å². The van der Waals surface area contributed by atoms with E-state index < -0.39 is 17.3 Å². The number of anilines is 1. The molecule has 1 amide bonds. The van der Waals surface area contributed by atoms with Crippen LogP contribution >= 0.6 is 11.3 Å². The van der Waals surface area contributed by atoms with Gasteiger partial charge in [-0.05, 0) is 37.3 Å². The van der Waals surface area contributed by atoms with Crippen molar-refractivity contribution < 1.29 is 19.1 Å². The van der Waals surface area contributed by atoms with Gasteiger partial charge in [-0.3, -0.25) is 4.79 Å². The third-order valence-electron chi connectivity index (χ3n) is 2.42. The first-order valence-corrected chi connectivity index (χ1v) is 6.19. The largest absolute Gasteiger partial charge is 0.478 e. The first kappa shape index (κ1) is 13.2. The van der Waals surface area contributed by atoms with Gasteiger partial charge in [-0.2, -0.15) is 0 Å². The highest BCUT2D eigenvalue weighted by atomic mass is 32.1. The quantitative estimate of drug-likeness (QED) is 0.907. The van der Waals surface area contributed by atoms with Crippen LogP contribution in [0, 0.1) is 12.7 Å². The molecule has 4 nitrogen and oxygen atoms in total. The predicted molar refractivity (Wildman–Crippen MR) is 70.4 cm³/mol. The number of aromatic carboxylic acids is 1. The molecule has 0 spiro atoms. The van der Waals surface area contributed by atoms with Gasteiger partial charge in [0.2, 0.25) is 0 Å². The van der Waals surface area contributed by atoms with E-state index in [1.807, 2.05) is 13.0 Å². The van der Waals surface area contributed by atoms with Crippen LogP contribution in [0.15, 0.2) is 30.3 Å². The Kier molecular flexibility index (Phi) is 3.62. The summed E-state index contributed by atoms with van der Waals surface area (Å²) in [6.45, 7) is 1.88. The maximum Gasteiger partial charge on any atom is 0.338 e. The molecule has 0 aliphatic carbocycles. The molecule has 2 rings (SSSR count). The smallest absolute Gasteiger partial charge is 0.338 e. The minimum Gasteiger partial charge on any atom is -0.478 e. The van der Waals surface area contributed by atoms with E-state index in [2.05, 4.69) is 5.32 Å². The fraction of sp³-hybridized carbons (Fsp3) is 0.0769. The number of amides is 1.